The van der Waals surface area contributed by atoms with Crippen molar-refractivity contribution in [1.82, 2.24) is 4.90 Å². The lowest BCUT2D eigenvalue weighted by Gasteiger charge is -2.48. The van der Waals surface area contributed by atoms with Crippen molar-refractivity contribution in [2.75, 3.05) is 6.54 Å². The maximum absolute atomic E-state index is 13.1. The van der Waals surface area contributed by atoms with Gasteiger partial charge in [0.15, 0.2) is 6.29 Å². The van der Waals surface area contributed by atoms with Crippen molar-refractivity contribution < 1.29 is 19.0 Å². The van der Waals surface area contributed by atoms with Gasteiger partial charge in [0, 0.05) is 12.1 Å². The zero-order valence-corrected chi connectivity index (χ0v) is 11.9. The molecule has 1 aromatic rings. The molecule has 0 saturated carbocycles. The van der Waals surface area contributed by atoms with Crippen LogP contribution in [0, 0.1) is 5.82 Å². The van der Waals surface area contributed by atoms with Gasteiger partial charge in [0.05, 0.1) is 6.10 Å². The van der Waals surface area contributed by atoms with Crippen molar-refractivity contribution in [1.29, 1.82) is 0 Å². The summed E-state index contributed by atoms with van der Waals surface area (Å²) in [5, 5.41) is 9.91. The van der Waals surface area contributed by atoms with Crippen molar-refractivity contribution in [2.45, 2.75) is 44.7 Å². The fourth-order valence-electron chi connectivity index (χ4n) is 2.68. The second-order valence-corrected chi connectivity index (χ2v) is 5.68. The number of hydrogen-bond acceptors (Lipinski definition) is 4. The summed E-state index contributed by atoms with van der Waals surface area (Å²) in [6, 6.07) is 5.46. The fourth-order valence-corrected chi connectivity index (χ4v) is 2.68. The van der Waals surface area contributed by atoms with Gasteiger partial charge < -0.3 is 14.6 Å². The van der Waals surface area contributed by atoms with Gasteiger partial charge in [-0.1, -0.05) is 12.1 Å². The highest BCUT2D eigenvalue weighted by Gasteiger charge is 2.42. The minimum Gasteiger partial charge on any atom is -0.366 e. The molecule has 1 heterocycles. The molecule has 0 aromatic heterocycles. The average molecular weight is 281 g/mol. The summed E-state index contributed by atoms with van der Waals surface area (Å²) in [7, 11) is 0. The molecule has 1 N–H and O–H groups in total. The highest BCUT2D eigenvalue weighted by Crippen LogP contribution is 2.33. The zero-order chi connectivity index (χ0) is 14.9. The Morgan fingerprint density at radius 3 is 2.55 bits per heavy atom. The van der Waals surface area contributed by atoms with Crippen LogP contribution in [0.15, 0.2) is 24.3 Å². The maximum Gasteiger partial charge on any atom is 0.177 e. The quantitative estimate of drug-likeness (QED) is 0.856. The first-order chi connectivity index (χ1) is 9.36. The van der Waals surface area contributed by atoms with Crippen LogP contribution in [0.25, 0.3) is 0 Å². The Labute approximate surface area is 118 Å². The first-order valence-corrected chi connectivity index (χ1v) is 6.68. The minimum atomic E-state index is -1.14. The summed E-state index contributed by atoms with van der Waals surface area (Å²) in [5.41, 5.74) is 0.366. The number of aldehydes is 1. The van der Waals surface area contributed by atoms with E-state index >= 15 is 0 Å². The van der Waals surface area contributed by atoms with E-state index in [4.69, 9.17) is 4.74 Å². The predicted octanol–water partition coefficient (Wildman–Crippen LogP) is 1.67. The van der Waals surface area contributed by atoms with E-state index in [2.05, 4.69) is 0 Å². The molecule has 1 fully saturated rings. The smallest absolute Gasteiger partial charge is 0.177 e. The molecule has 1 aliphatic heterocycles. The second-order valence-electron chi connectivity index (χ2n) is 5.68. The van der Waals surface area contributed by atoms with Gasteiger partial charge in [-0.3, -0.25) is 4.90 Å². The Morgan fingerprint density at radius 1 is 1.40 bits per heavy atom. The molecule has 0 spiro atoms. The summed E-state index contributed by atoms with van der Waals surface area (Å²) < 4.78 is 18.3. The molecule has 20 heavy (non-hydrogen) atoms. The minimum absolute atomic E-state index is 0.180. The monoisotopic (exact) mass is 281 g/mol. The van der Waals surface area contributed by atoms with Crippen LogP contribution in [0.4, 0.5) is 4.39 Å². The summed E-state index contributed by atoms with van der Waals surface area (Å²) >= 11 is 0. The number of halogens is 1. The van der Waals surface area contributed by atoms with Crippen LogP contribution < -0.4 is 0 Å². The maximum atomic E-state index is 13.1. The molecule has 1 aliphatic rings. The topological polar surface area (TPSA) is 49.8 Å². The molecule has 2 unspecified atom stereocenters. The van der Waals surface area contributed by atoms with Gasteiger partial charge in [0.2, 0.25) is 0 Å². The number of ether oxygens (including phenoxy) is 1. The number of aliphatic hydroxyl groups is 1. The summed E-state index contributed by atoms with van der Waals surface area (Å²) in [5.74, 6) is -0.299. The van der Waals surface area contributed by atoms with E-state index in [9.17, 15) is 14.3 Å². The molecule has 4 nitrogen and oxygen atoms in total. The Bertz CT molecular complexity index is 475. The van der Waals surface area contributed by atoms with Crippen LogP contribution in [-0.4, -0.2) is 41.3 Å². The van der Waals surface area contributed by atoms with Gasteiger partial charge in [-0.25, -0.2) is 4.39 Å². The molecule has 5 heteroatoms. The predicted molar refractivity (Wildman–Crippen MR) is 72.5 cm³/mol. The average Bonchev–Trinajstić information content (AvgIpc) is 2.38. The van der Waals surface area contributed by atoms with Gasteiger partial charge in [0.25, 0.3) is 0 Å². The van der Waals surface area contributed by atoms with E-state index in [0.717, 1.165) is 5.56 Å². The number of nitrogens with zero attached hydrogens (tertiary/aromatic N) is 1. The molecule has 1 saturated heterocycles. The first kappa shape index (κ1) is 15.1. The van der Waals surface area contributed by atoms with Gasteiger partial charge in [-0.15, -0.1) is 0 Å². The zero-order valence-electron chi connectivity index (χ0n) is 11.9. The molecule has 110 valence electrons. The standard InChI is InChI=1S/C15H20FNO3/c1-10-8-17(13(9-18)14(19)20-10)15(2,3)11-4-6-12(16)7-5-11/h4-7,9-10,13-14,19H,8H2,1-3H3/t10-,13?,14?/m0/s1. The Hall–Kier alpha value is -1.30. The highest BCUT2D eigenvalue weighted by atomic mass is 19.1. The molecule has 0 aliphatic carbocycles. The van der Waals surface area contributed by atoms with Crippen LogP contribution in [-0.2, 0) is 15.1 Å². The third-order valence-corrected chi connectivity index (χ3v) is 3.89. The third kappa shape index (κ3) is 2.75. The summed E-state index contributed by atoms with van der Waals surface area (Å²) in [4.78, 5) is 13.2. The van der Waals surface area contributed by atoms with Crippen LogP contribution >= 0.6 is 0 Å². The summed E-state index contributed by atoms with van der Waals surface area (Å²) in [6.45, 7) is 6.26. The van der Waals surface area contributed by atoms with E-state index in [-0.39, 0.29) is 11.9 Å². The van der Waals surface area contributed by atoms with E-state index in [1.54, 1.807) is 12.1 Å². The Balaban J connectivity index is 2.34. The normalized spacial score (nSPS) is 28.4. The lowest BCUT2D eigenvalue weighted by Crippen LogP contribution is -2.60. The van der Waals surface area contributed by atoms with Crippen molar-refractivity contribution in [2.24, 2.45) is 0 Å². The van der Waals surface area contributed by atoms with Crippen molar-refractivity contribution >= 4 is 6.29 Å². The number of carbonyl (C=O) groups excluding carboxylic acids is 1. The van der Waals surface area contributed by atoms with Crippen molar-refractivity contribution in [3.8, 4) is 0 Å². The van der Waals surface area contributed by atoms with E-state index in [0.29, 0.717) is 12.8 Å². The van der Waals surface area contributed by atoms with Crippen LogP contribution in [0.5, 0.6) is 0 Å². The second kappa shape index (κ2) is 5.60. The summed E-state index contributed by atoms with van der Waals surface area (Å²) in [6.07, 6.45) is -0.626. The van der Waals surface area contributed by atoms with Gasteiger partial charge >= 0.3 is 0 Å². The molecule has 1 aromatic carbocycles. The lowest BCUT2D eigenvalue weighted by atomic mass is 9.89. The number of morpholine rings is 1. The SMILES string of the molecule is C[C@H]1CN(C(C)(C)c2ccc(F)cc2)C(C=O)C(O)O1. The molecule has 0 amide bonds. The molecular weight excluding hydrogens is 261 g/mol. The van der Waals surface area contributed by atoms with Crippen LogP contribution in [0.2, 0.25) is 0 Å². The molecular formula is C15H20FNO3. The molecule has 0 bridgehead atoms. The van der Waals surface area contributed by atoms with Crippen LogP contribution in [0.3, 0.4) is 0 Å². The Kier molecular flexibility index (Phi) is 4.22. The number of benzene rings is 1. The largest absolute Gasteiger partial charge is 0.366 e. The van der Waals surface area contributed by atoms with E-state index in [1.165, 1.54) is 12.1 Å². The van der Waals surface area contributed by atoms with Gasteiger partial charge in [-0.05, 0) is 38.5 Å². The molecule has 3 atom stereocenters. The lowest BCUT2D eigenvalue weighted by molar-refractivity contribution is -0.218. The first-order valence-electron chi connectivity index (χ1n) is 6.68. The van der Waals surface area contributed by atoms with Crippen LogP contribution in [0.1, 0.15) is 26.3 Å². The van der Waals surface area contributed by atoms with E-state index in [1.807, 2.05) is 25.7 Å². The van der Waals surface area contributed by atoms with Gasteiger partial charge in [0.1, 0.15) is 18.1 Å². The van der Waals surface area contributed by atoms with Gasteiger partial charge in [-0.2, -0.15) is 0 Å². The Morgan fingerprint density at radius 2 is 2.00 bits per heavy atom. The fraction of sp³-hybridized carbons (Fsp3) is 0.533. The van der Waals surface area contributed by atoms with E-state index < -0.39 is 17.9 Å². The highest BCUT2D eigenvalue weighted by molar-refractivity contribution is 5.59. The van der Waals surface area contributed by atoms with Crippen molar-refractivity contribution in [3.63, 3.8) is 0 Å². The number of rotatable bonds is 3. The molecule has 2 rings (SSSR count). The van der Waals surface area contributed by atoms with Crippen molar-refractivity contribution in [3.05, 3.63) is 35.6 Å². The number of aliphatic hydroxyl groups excluding tert-OH is 1. The number of carbonyl (C=O) groups is 1. The third-order valence-electron chi connectivity index (χ3n) is 3.89. The molecule has 0 radical (unpaired) electrons. The number of hydrogen-bond donors (Lipinski definition) is 1.